The van der Waals surface area contributed by atoms with Crippen LogP contribution in [0.4, 0.5) is 0 Å². The van der Waals surface area contributed by atoms with Crippen LogP contribution < -0.4 is 15.4 Å². The third kappa shape index (κ3) is 5.81. The molecule has 0 spiro atoms. The highest BCUT2D eigenvalue weighted by Gasteiger charge is 2.11. The van der Waals surface area contributed by atoms with Crippen molar-refractivity contribution in [2.24, 2.45) is 0 Å². The first-order valence-electron chi connectivity index (χ1n) is 6.60. The van der Waals surface area contributed by atoms with Crippen molar-refractivity contribution < 1.29 is 9.53 Å². The first-order chi connectivity index (χ1) is 9.58. The minimum Gasteiger partial charge on any atom is -0.481 e. The Bertz CT molecular complexity index is 430. The average molecular weight is 408 g/mol. The van der Waals surface area contributed by atoms with Crippen molar-refractivity contribution in [3.63, 3.8) is 0 Å². The predicted octanol–water partition coefficient (Wildman–Crippen LogP) is 3.23. The van der Waals surface area contributed by atoms with Crippen LogP contribution in [0.5, 0.6) is 5.75 Å². The zero-order chi connectivity index (χ0) is 15.0. The second-order valence-electron chi connectivity index (χ2n) is 4.41. The zero-order valence-electron chi connectivity index (χ0n) is 11.8. The lowest BCUT2D eigenvalue weighted by atomic mass is 10.2. The normalized spacial score (nSPS) is 10.4. The Morgan fingerprint density at radius 1 is 1.30 bits per heavy atom. The molecule has 4 nitrogen and oxygen atoms in total. The minimum absolute atomic E-state index is 0.0201. The number of amides is 1. The van der Waals surface area contributed by atoms with Gasteiger partial charge in [-0.25, -0.2) is 0 Å². The summed E-state index contributed by atoms with van der Waals surface area (Å²) in [6.07, 6.45) is 2.04. The van der Waals surface area contributed by atoms with Crippen molar-refractivity contribution in [2.75, 3.05) is 20.2 Å². The Kier molecular flexibility index (Phi) is 8.18. The standard InChI is InChI=1S/C14H20Br2N2O2/c1-3-4-5-18-13(19)9-20-14-11(15)6-10(8-17-2)7-12(14)16/h6-7,17H,3-5,8-9H2,1-2H3,(H,18,19). The molecule has 112 valence electrons. The summed E-state index contributed by atoms with van der Waals surface area (Å²) in [7, 11) is 1.90. The molecule has 0 radical (unpaired) electrons. The summed E-state index contributed by atoms with van der Waals surface area (Å²) in [5.74, 6) is 0.548. The highest BCUT2D eigenvalue weighted by atomic mass is 79.9. The molecule has 1 aromatic rings. The summed E-state index contributed by atoms with van der Waals surface area (Å²) in [5.41, 5.74) is 1.13. The van der Waals surface area contributed by atoms with Gasteiger partial charge in [0, 0.05) is 13.1 Å². The number of benzene rings is 1. The van der Waals surface area contributed by atoms with Gasteiger partial charge in [-0.15, -0.1) is 0 Å². The van der Waals surface area contributed by atoms with Gasteiger partial charge in [-0.1, -0.05) is 13.3 Å². The molecule has 20 heavy (non-hydrogen) atoms. The number of carbonyl (C=O) groups is 1. The van der Waals surface area contributed by atoms with Crippen LogP contribution in [0.15, 0.2) is 21.1 Å². The number of nitrogens with one attached hydrogen (secondary N) is 2. The van der Waals surface area contributed by atoms with Crippen molar-refractivity contribution in [1.82, 2.24) is 10.6 Å². The van der Waals surface area contributed by atoms with Crippen LogP contribution in [0.1, 0.15) is 25.3 Å². The first kappa shape index (κ1) is 17.5. The maximum absolute atomic E-state index is 11.6. The molecular formula is C14H20Br2N2O2. The van der Waals surface area contributed by atoms with E-state index >= 15 is 0 Å². The van der Waals surface area contributed by atoms with Crippen molar-refractivity contribution in [3.05, 3.63) is 26.6 Å². The van der Waals surface area contributed by atoms with E-state index in [2.05, 4.69) is 49.4 Å². The third-order valence-electron chi connectivity index (χ3n) is 2.64. The molecule has 0 aliphatic carbocycles. The number of unbranched alkanes of at least 4 members (excludes halogenated alkanes) is 1. The summed E-state index contributed by atoms with van der Waals surface area (Å²) in [6.45, 7) is 3.58. The summed E-state index contributed by atoms with van der Waals surface area (Å²) >= 11 is 6.93. The molecule has 0 unspecified atom stereocenters. The molecule has 1 amide bonds. The quantitative estimate of drug-likeness (QED) is 0.650. The Morgan fingerprint density at radius 3 is 2.50 bits per heavy atom. The smallest absolute Gasteiger partial charge is 0.257 e. The van der Waals surface area contributed by atoms with Crippen LogP contribution in [0, 0.1) is 0 Å². The van der Waals surface area contributed by atoms with Gasteiger partial charge in [0.15, 0.2) is 6.61 Å². The van der Waals surface area contributed by atoms with Crippen molar-refractivity contribution >= 4 is 37.8 Å². The largest absolute Gasteiger partial charge is 0.481 e. The van der Waals surface area contributed by atoms with Crippen LogP contribution in [-0.2, 0) is 11.3 Å². The first-order valence-corrected chi connectivity index (χ1v) is 8.19. The van der Waals surface area contributed by atoms with Crippen LogP contribution in [-0.4, -0.2) is 26.1 Å². The number of ether oxygens (including phenoxy) is 1. The van der Waals surface area contributed by atoms with Crippen LogP contribution in [0.3, 0.4) is 0 Å². The minimum atomic E-state index is -0.100. The SMILES string of the molecule is CCCCNC(=O)COc1c(Br)cc(CNC)cc1Br. The van der Waals surface area contributed by atoms with Crippen molar-refractivity contribution in [1.29, 1.82) is 0 Å². The maximum Gasteiger partial charge on any atom is 0.257 e. The number of hydrogen-bond acceptors (Lipinski definition) is 3. The van der Waals surface area contributed by atoms with E-state index in [-0.39, 0.29) is 12.5 Å². The van der Waals surface area contributed by atoms with Gasteiger partial charge in [-0.05, 0) is 63.0 Å². The highest BCUT2D eigenvalue weighted by molar-refractivity contribution is 9.11. The molecule has 2 N–H and O–H groups in total. The molecule has 1 aromatic carbocycles. The van der Waals surface area contributed by atoms with Gasteiger partial charge < -0.3 is 15.4 Å². The number of halogens is 2. The van der Waals surface area contributed by atoms with Gasteiger partial charge in [0.2, 0.25) is 0 Å². The topological polar surface area (TPSA) is 50.4 Å². The molecule has 6 heteroatoms. The molecular weight excluding hydrogens is 388 g/mol. The van der Waals surface area contributed by atoms with Crippen molar-refractivity contribution in [2.45, 2.75) is 26.3 Å². The van der Waals surface area contributed by atoms with Gasteiger partial charge in [0.1, 0.15) is 5.75 Å². The Morgan fingerprint density at radius 2 is 1.95 bits per heavy atom. The second kappa shape index (κ2) is 9.37. The van der Waals surface area contributed by atoms with E-state index in [1.807, 2.05) is 19.2 Å². The van der Waals surface area contributed by atoms with Gasteiger partial charge in [-0.3, -0.25) is 4.79 Å². The lowest BCUT2D eigenvalue weighted by Gasteiger charge is -2.12. The lowest BCUT2D eigenvalue weighted by Crippen LogP contribution is -2.29. The fraction of sp³-hybridized carbons (Fsp3) is 0.500. The maximum atomic E-state index is 11.6. The van der Waals surface area contributed by atoms with Crippen LogP contribution >= 0.6 is 31.9 Å². The van der Waals surface area contributed by atoms with E-state index in [0.717, 1.165) is 33.9 Å². The van der Waals surface area contributed by atoms with Crippen LogP contribution in [0.25, 0.3) is 0 Å². The molecule has 0 bridgehead atoms. The van der Waals surface area contributed by atoms with Crippen molar-refractivity contribution in [3.8, 4) is 5.75 Å². The highest BCUT2D eigenvalue weighted by Crippen LogP contribution is 2.34. The average Bonchev–Trinajstić information content (AvgIpc) is 2.38. The van der Waals surface area contributed by atoms with Gasteiger partial charge in [0.25, 0.3) is 5.91 Å². The summed E-state index contributed by atoms with van der Waals surface area (Å²) < 4.78 is 7.23. The number of carbonyl (C=O) groups excluding carboxylic acids is 1. The molecule has 0 saturated carbocycles. The van der Waals surface area contributed by atoms with E-state index < -0.39 is 0 Å². The third-order valence-corrected chi connectivity index (χ3v) is 3.82. The Balaban J connectivity index is 2.57. The molecule has 0 aliphatic rings. The summed E-state index contributed by atoms with van der Waals surface area (Å²) in [5, 5.41) is 5.91. The summed E-state index contributed by atoms with van der Waals surface area (Å²) in [6, 6.07) is 3.96. The number of hydrogen-bond donors (Lipinski definition) is 2. The molecule has 0 heterocycles. The predicted molar refractivity (Wildman–Crippen MR) is 88.0 cm³/mol. The lowest BCUT2D eigenvalue weighted by molar-refractivity contribution is -0.123. The fourth-order valence-electron chi connectivity index (χ4n) is 1.65. The molecule has 0 aliphatic heterocycles. The monoisotopic (exact) mass is 406 g/mol. The van der Waals surface area contributed by atoms with Gasteiger partial charge in [-0.2, -0.15) is 0 Å². The van der Waals surface area contributed by atoms with Gasteiger partial charge >= 0.3 is 0 Å². The number of rotatable bonds is 8. The van der Waals surface area contributed by atoms with E-state index in [0.29, 0.717) is 12.3 Å². The Labute approximate surface area is 136 Å². The molecule has 0 fully saturated rings. The van der Waals surface area contributed by atoms with Crippen LogP contribution in [0.2, 0.25) is 0 Å². The molecule has 0 aromatic heterocycles. The Hall–Kier alpha value is -0.590. The molecule has 0 atom stereocenters. The molecule has 1 rings (SSSR count). The fourth-order valence-corrected chi connectivity index (χ4v) is 3.16. The van der Waals surface area contributed by atoms with E-state index in [1.165, 1.54) is 0 Å². The van der Waals surface area contributed by atoms with E-state index in [9.17, 15) is 4.79 Å². The van der Waals surface area contributed by atoms with E-state index in [4.69, 9.17) is 4.74 Å². The zero-order valence-corrected chi connectivity index (χ0v) is 14.9. The molecule has 0 saturated heterocycles. The van der Waals surface area contributed by atoms with Gasteiger partial charge in [0.05, 0.1) is 8.95 Å². The van der Waals surface area contributed by atoms with E-state index in [1.54, 1.807) is 0 Å². The summed E-state index contributed by atoms with van der Waals surface area (Å²) in [4.78, 5) is 11.6. The second-order valence-corrected chi connectivity index (χ2v) is 6.12.